The highest BCUT2D eigenvalue weighted by Crippen LogP contribution is 2.48. The molecule has 0 bridgehead atoms. The van der Waals surface area contributed by atoms with Crippen molar-refractivity contribution in [3.63, 3.8) is 0 Å². The molecule has 8 aromatic carbocycles. The molecule has 0 fully saturated rings. The highest BCUT2D eigenvalue weighted by Gasteiger charge is 2.29. The Kier molecular flexibility index (Phi) is 11.1. The molecule has 0 aliphatic rings. The number of ether oxygens (including phenoxy) is 2. The van der Waals surface area contributed by atoms with Crippen molar-refractivity contribution in [2.75, 3.05) is 13.1 Å². The summed E-state index contributed by atoms with van der Waals surface area (Å²) < 4.78 is 12.1. The summed E-state index contributed by atoms with van der Waals surface area (Å²) >= 11 is 0. The Morgan fingerprint density at radius 1 is 0.468 bits per heavy atom. The number of hydrogen-bond donors (Lipinski definition) is 2. The van der Waals surface area contributed by atoms with Crippen LogP contribution in [0.5, 0.6) is 23.0 Å². The Hall–Kier alpha value is -7.32. The first kappa shape index (κ1) is 41.4. The number of phenolic OH excluding ortho intramolecular Hbond substituents is 2. The fourth-order valence-corrected chi connectivity index (χ4v) is 7.56. The standard InChI is InChI=1S/C54H48N2O6/c1-53(2,3)51(59)61-43-25-23-33-15-7-11-19-39(33)45(43)47-41-21-13-9-17-35(41)29-37(49(47)57)31-55-27-28-56-32-38-30-36-18-10-14-22-42(36)48(50(38)58)46-40-20-12-8-16-34(40)24-26-44(46)62-52(60)54(4,5)6/h7-26,29-32,57-58H,27-28H2,1-6H3. The van der Waals surface area contributed by atoms with Gasteiger partial charge >= 0.3 is 11.9 Å². The molecule has 310 valence electrons. The van der Waals surface area contributed by atoms with Gasteiger partial charge in [-0.25, -0.2) is 0 Å². The third kappa shape index (κ3) is 8.11. The third-order valence-corrected chi connectivity index (χ3v) is 10.8. The van der Waals surface area contributed by atoms with Crippen LogP contribution in [0.2, 0.25) is 0 Å². The molecular weight excluding hydrogens is 773 g/mol. The van der Waals surface area contributed by atoms with E-state index >= 15 is 0 Å². The first-order valence-electron chi connectivity index (χ1n) is 20.7. The lowest BCUT2D eigenvalue weighted by molar-refractivity contribution is -0.143. The molecule has 0 aromatic heterocycles. The van der Waals surface area contributed by atoms with Crippen LogP contribution in [-0.2, 0) is 9.59 Å². The normalized spacial score (nSPS) is 12.3. The van der Waals surface area contributed by atoms with Crippen LogP contribution < -0.4 is 9.47 Å². The predicted octanol–water partition coefficient (Wildman–Crippen LogP) is 12.5. The second kappa shape index (κ2) is 16.6. The van der Waals surface area contributed by atoms with E-state index in [0.717, 1.165) is 43.1 Å². The first-order valence-corrected chi connectivity index (χ1v) is 20.7. The lowest BCUT2D eigenvalue weighted by Gasteiger charge is -2.21. The number of carbonyl (C=O) groups is 2. The largest absolute Gasteiger partial charge is 0.507 e. The molecule has 0 spiro atoms. The zero-order valence-corrected chi connectivity index (χ0v) is 35.7. The monoisotopic (exact) mass is 820 g/mol. The zero-order valence-electron chi connectivity index (χ0n) is 35.7. The van der Waals surface area contributed by atoms with Gasteiger partial charge in [-0.3, -0.25) is 19.6 Å². The van der Waals surface area contributed by atoms with E-state index in [1.165, 1.54) is 0 Å². The lowest BCUT2D eigenvalue weighted by Crippen LogP contribution is -2.25. The molecule has 0 aliphatic carbocycles. The van der Waals surface area contributed by atoms with Gasteiger partial charge in [-0.1, -0.05) is 109 Å². The summed E-state index contributed by atoms with van der Waals surface area (Å²) in [7, 11) is 0. The van der Waals surface area contributed by atoms with Crippen LogP contribution in [0, 0.1) is 10.8 Å². The van der Waals surface area contributed by atoms with Gasteiger partial charge in [0.15, 0.2) is 0 Å². The Morgan fingerprint density at radius 3 is 1.15 bits per heavy atom. The summed E-state index contributed by atoms with van der Waals surface area (Å²) in [4.78, 5) is 35.8. The van der Waals surface area contributed by atoms with Gasteiger partial charge in [0.05, 0.1) is 23.9 Å². The van der Waals surface area contributed by atoms with Gasteiger partial charge in [0, 0.05) is 45.8 Å². The molecule has 8 rings (SSSR count). The molecule has 0 aliphatic heterocycles. The van der Waals surface area contributed by atoms with Crippen molar-refractivity contribution in [3.05, 3.63) is 145 Å². The van der Waals surface area contributed by atoms with Crippen LogP contribution in [0.3, 0.4) is 0 Å². The smallest absolute Gasteiger partial charge is 0.316 e. The van der Waals surface area contributed by atoms with Crippen LogP contribution in [0.25, 0.3) is 65.3 Å². The predicted molar refractivity (Wildman–Crippen MR) is 252 cm³/mol. The Labute approximate surface area is 360 Å². The SMILES string of the molecule is CC(C)(C)C(=O)Oc1ccc2ccccc2c1-c1c(O)c(C=NCCN=Cc2cc3ccccc3c(-c3c(OC(=O)C(C)(C)C)ccc4ccccc34)c2O)cc2ccccc12. The Balaban J connectivity index is 1.13. The Morgan fingerprint density at radius 2 is 0.790 bits per heavy atom. The molecule has 0 atom stereocenters. The van der Waals surface area contributed by atoms with Crippen molar-refractivity contribution in [2.45, 2.75) is 41.5 Å². The van der Waals surface area contributed by atoms with E-state index in [9.17, 15) is 19.8 Å². The van der Waals surface area contributed by atoms with E-state index in [2.05, 4.69) is 9.98 Å². The van der Waals surface area contributed by atoms with E-state index in [-0.39, 0.29) is 36.5 Å². The van der Waals surface area contributed by atoms with Gasteiger partial charge in [-0.2, -0.15) is 0 Å². The fraction of sp³-hybridized carbons (Fsp3) is 0.185. The molecule has 62 heavy (non-hydrogen) atoms. The van der Waals surface area contributed by atoms with Crippen LogP contribution in [0.15, 0.2) is 143 Å². The molecule has 0 saturated carbocycles. The number of aromatic hydroxyl groups is 2. The van der Waals surface area contributed by atoms with Gasteiger partial charge in [0.2, 0.25) is 0 Å². The second-order valence-corrected chi connectivity index (χ2v) is 17.5. The van der Waals surface area contributed by atoms with E-state index in [4.69, 9.17) is 9.47 Å². The average molecular weight is 821 g/mol. The minimum Gasteiger partial charge on any atom is -0.507 e. The number of benzene rings is 8. The highest BCUT2D eigenvalue weighted by atomic mass is 16.5. The van der Waals surface area contributed by atoms with Crippen molar-refractivity contribution < 1.29 is 29.3 Å². The summed E-state index contributed by atoms with van der Waals surface area (Å²) in [5.74, 6) is -0.0381. The number of esters is 2. The summed E-state index contributed by atoms with van der Waals surface area (Å²) in [5, 5.41) is 31.0. The maximum Gasteiger partial charge on any atom is 0.316 e. The quantitative estimate of drug-likeness (QED) is 0.0648. The maximum absolute atomic E-state index is 13.2. The fourth-order valence-electron chi connectivity index (χ4n) is 7.56. The number of nitrogens with zero attached hydrogens (tertiary/aromatic N) is 2. The number of rotatable bonds is 9. The van der Waals surface area contributed by atoms with Crippen molar-refractivity contribution in [1.29, 1.82) is 0 Å². The van der Waals surface area contributed by atoms with Gasteiger partial charge in [-0.15, -0.1) is 0 Å². The van der Waals surface area contributed by atoms with Gasteiger partial charge in [0.1, 0.15) is 23.0 Å². The third-order valence-electron chi connectivity index (χ3n) is 10.8. The number of carbonyl (C=O) groups excluding carboxylic acids is 2. The molecule has 0 unspecified atom stereocenters. The highest BCUT2D eigenvalue weighted by molar-refractivity contribution is 6.14. The summed E-state index contributed by atoms with van der Waals surface area (Å²) in [6, 6.07) is 42.4. The van der Waals surface area contributed by atoms with E-state index in [1.54, 1.807) is 24.6 Å². The number of hydrogen-bond acceptors (Lipinski definition) is 8. The van der Waals surface area contributed by atoms with Crippen molar-refractivity contribution in [1.82, 2.24) is 0 Å². The van der Waals surface area contributed by atoms with Crippen molar-refractivity contribution >= 4 is 67.5 Å². The van der Waals surface area contributed by atoms with Crippen LogP contribution in [-0.4, -0.2) is 47.7 Å². The van der Waals surface area contributed by atoms with E-state index in [0.29, 0.717) is 44.9 Å². The van der Waals surface area contributed by atoms with Gasteiger partial charge < -0.3 is 19.7 Å². The van der Waals surface area contributed by atoms with Crippen LogP contribution in [0.4, 0.5) is 0 Å². The van der Waals surface area contributed by atoms with E-state index < -0.39 is 10.8 Å². The van der Waals surface area contributed by atoms with Crippen molar-refractivity contribution in [3.8, 4) is 45.3 Å². The van der Waals surface area contributed by atoms with Gasteiger partial charge in [-0.05, 0) is 109 Å². The maximum atomic E-state index is 13.2. The molecule has 0 heterocycles. The Bertz CT molecular complexity index is 2900. The van der Waals surface area contributed by atoms with E-state index in [1.807, 2.05) is 163 Å². The van der Waals surface area contributed by atoms with Crippen molar-refractivity contribution in [2.24, 2.45) is 20.8 Å². The molecule has 0 amide bonds. The molecule has 0 saturated heterocycles. The molecule has 8 heteroatoms. The molecule has 8 nitrogen and oxygen atoms in total. The zero-order chi connectivity index (χ0) is 43.8. The number of fused-ring (bicyclic) bond motifs is 4. The minimum atomic E-state index is -0.748. The van der Waals surface area contributed by atoms with Crippen LogP contribution >= 0.6 is 0 Å². The molecule has 2 N–H and O–H groups in total. The van der Waals surface area contributed by atoms with Crippen LogP contribution in [0.1, 0.15) is 52.7 Å². The lowest BCUT2D eigenvalue weighted by atomic mass is 9.90. The minimum absolute atomic E-state index is 0.00922. The summed E-state index contributed by atoms with van der Waals surface area (Å²) in [5.41, 5.74) is 1.82. The summed E-state index contributed by atoms with van der Waals surface area (Å²) in [6.45, 7) is 11.4. The molecular formula is C54H48N2O6. The first-order chi connectivity index (χ1) is 29.7. The number of aliphatic imine (C=N–C) groups is 2. The summed E-state index contributed by atoms with van der Waals surface area (Å²) in [6.07, 6.45) is 3.28. The van der Waals surface area contributed by atoms with Gasteiger partial charge in [0.25, 0.3) is 0 Å². The average Bonchev–Trinajstić information content (AvgIpc) is 3.25. The topological polar surface area (TPSA) is 118 Å². The number of phenols is 2. The molecule has 8 aromatic rings. The second-order valence-electron chi connectivity index (χ2n) is 17.5. The molecule has 0 radical (unpaired) electrons.